The Morgan fingerprint density at radius 2 is 1.94 bits per heavy atom. The molecule has 3 rings (SSSR count). The molecule has 1 aliphatic carbocycles. The van der Waals surface area contributed by atoms with Crippen LogP contribution in [0.15, 0.2) is 24.3 Å². The predicted octanol–water partition coefficient (Wildman–Crippen LogP) is 2.17. The molecule has 2 aliphatic rings. The Morgan fingerprint density at radius 1 is 1.24 bits per heavy atom. The molecule has 17 heavy (non-hydrogen) atoms. The van der Waals surface area contributed by atoms with Gasteiger partial charge in [0.05, 0.1) is 5.41 Å². The molecule has 1 aromatic carbocycles. The average Bonchev–Trinajstić information content (AvgIpc) is 2.92. The van der Waals surface area contributed by atoms with Crippen molar-refractivity contribution in [2.45, 2.75) is 31.6 Å². The molecule has 0 aromatic heterocycles. The highest BCUT2D eigenvalue weighted by Gasteiger charge is 2.52. The number of benzene rings is 1. The first-order valence-electron chi connectivity index (χ1n) is 6.30. The summed E-state index contributed by atoms with van der Waals surface area (Å²) in [6.07, 6.45) is 4.16. The van der Waals surface area contributed by atoms with Crippen molar-refractivity contribution in [1.29, 1.82) is 0 Å². The quantitative estimate of drug-likeness (QED) is 0.778. The van der Waals surface area contributed by atoms with Gasteiger partial charge < -0.3 is 10.4 Å². The number of para-hydroxylation sites is 1. The van der Waals surface area contributed by atoms with E-state index in [1.165, 1.54) is 0 Å². The summed E-state index contributed by atoms with van der Waals surface area (Å²) in [5, 5.41) is 12.9. The summed E-state index contributed by atoms with van der Waals surface area (Å²) in [6.45, 7) is 0.663. The molecule has 0 bridgehead atoms. The first-order valence-corrected chi connectivity index (χ1v) is 6.30. The van der Waals surface area contributed by atoms with E-state index in [1.54, 1.807) is 6.07 Å². The lowest BCUT2D eigenvalue weighted by atomic mass is 9.72. The fraction of sp³-hybridized carbons (Fsp3) is 0.500. The highest BCUT2D eigenvalue weighted by atomic mass is 16.3. The number of phenols is 1. The Labute approximate surface area is 101 Å². The second kappa shape index (κ2) is 3.76. The van der Waals surface area contributed by atoms with E-state index in [2.05, 4.69) is 5.32 Å². The topological polar surface area (TPSA) is 49.3 Å². The smallest absolute Gasteiger partial charge is 0.226 e. The number of amides is 1. The summed E-state index contributed by atoms with van der Waals surface area (Å²) < 4.78 is 0. The Kier molecular flexibility index (Phi) is 2.35. The van der Waals surface area contributed by atoms with Crippen molar-refractivity contribution in [3.05, 3.63) is 29.8 Å². The molecule has 0 radical (unpaired) electrons. The molecule has 1 amide bonds. The monoisotopic (exact) mass is 231 g/mol. The average molecular weight is 231 g/mol. The Hall–Kier alpha value is -1.51. The van der Waals surface area contributed by atoms with Gasteiger partial charge in [-0.25, -0.2) is 0 Å². The van der Waals surface area contributed by atoms with Crippen molar-refractivity contribution in [3.63, 3.8) is 0 Å². The molecule has 1 heterocycles. The third-order valence-electron chi connectivity index (χ3n) is 4.39. The molecule has 0 unspecified atom stereocenters. The maximum Gasteiger partial charge on any atom is 0.226 e. The van der Waals surface area contributed by atoms with Crippen molar-refractivity contribution in [1.82, 2.24) is 5.32 Å². The Morgan fingerprint density at radius 3 is 2.65 bits per heavy atom. The number of hydrogen-bond donors (Lipinski definition) is 2. The normalized spacial score (nSPS) is 26.4. The van der Waals surface area contributed by atoms with Crippen LogP contribution >= 0.6 is 0 Å². The zero-order valence-corrected chi connectivity index (χ0v) is 9.78. The molecule has 2 N–H and O–H groups in total. The van der Waals surface area contributed by atoms with Gasteiger partial charge in [0.15, 0.2) is 0 Å². The van der Waals surface area contributed by atoms with Crippen molar-refractivity contribution in [2.24, 2.45) is 5.41 Å². The Balaban J connectivity index is 2.03. The van der Waals surface area contributed by atoms with Crippen LogP contribution in [0.1, 0.15) is 37.2 Å². The third-order valence-corrected chi connectivity index (χ3v) is 4.39. The van der Waals surface area contributed by atoms with E-state index in [4.69, 9.17) is 0 Å². The summed E-state index contributed by atoms with van der Waals surface area (Å²) in [7, 11) is 0. The molecule has 90 valence electrons. The van der Waals surface area contributed by atoms with Gasteiger partial charge in [-0.15, -0.1) is 0 Å². The van der Waals surface area contributed by atoms with E-state index < -0.39 is 0 Å². The van der Waals surface area contributed by atoms with Crippen LogP contribution in [0.4, 0.5) is 0 Å². The lowest BCUT2D eigenvalue weighted by molar-refractivity contribution is -0.127. The van der Waals surface area contributed by atoms with Crippen LogP contribution in [-0.2, 0) is 4.79 Å². The summed E-state index contributed by atoms with van der Waals surface area (Å²) >= 11 is 0. The van der Waals surface area contributed by atoms with Crippen LogP contribution in [-0.4, -0.2) is 17.6 Å². The number of phenolic OH excluding ortho intramolecular Hbond substituents is 1. The molecule has 3 nitrogen and oxygen atoms in total. The minimum absolute atomic E-state index is 0.138. The minimum atomic E-state index is -0.251. The van der Waals surface area contributed by atoms with E-state index in [9.17, 15) is 9.90 Å². The van der Waals surface area contributed by atoms with E-state index >= 15 is 0 Å². The van der Waals surface area contributed by atoms with Gasteiger partial charge in [-0.05, 0) is 24.5 Å². The fourth-order valence-corrected chi connectivity index (χ4v) is 3.50. The van der Waals surface area contributed by atoms with Gasteiger partial charge in [-0.2, -0.15) is 0 Å². The largest absolute Gasteiger partial charge is 0.508 e. The van der Waals surface area contributed by atoms with E-state index in [-0.39, 0.29) is 17.2 Å². The zero-order chi connectivity index (χ0) is 11.9. The molecule has 1 saturated heterocycles. The Bertz CT molecular complexity index is 449. The van der Waals surface area contributed by atoms with Gasteiger partial charge in [0.2, 0.25) is 5.91 Å². The number of nitrogens with one attached hydrogen (secondary N) is 1. The summed E-state index contributed by atoms with van der Waals surface area (Å²) in [4.78, 5) is 12.1. The molecule has 1 aromatic rings. The van der Waals surface area contributed by atoms with Gasteiger partial charge in [0, 0.05) is 12.5 Å². The van der Waals surface area contributed by atoms with Gasteiger partial charge in [0.1, 0.15) is 5.75 Å². The highest BCUT2D eigenvalue weighted by Crippen LogP contribution is 2.52. The first kappa shape index (κ1) is 10.6. The lowest BCUT2D eigenvalue weighted by Gasteiger charge is -2.28. The molecular formula is C14H17NO2. The van der Waals surface area contributed by atoms with Crippen LogP contribution in [0, 0.1) is 5.41 Å². The number of carbonyl (C=O) groups is 1. The van der Waals surface area contributed by atoms with E-state index in [0.29, 0.717) is 12.3 Å². The second-order valence-corrected chi connectivity index (χ2v) is 5.18. The standard InChI is InChI=1S/C14H17NO2/c16-12-6-2-1-5-10(12)11-9-15-13(17)14(11)7-3-4-8-14/h1-2,5-6,11,16H,3-4,7-9H2,(H,15,17)/t11-/m1/s1. The lowest BCUT2D eigenvalue weighted by Crippen LogP contribution is -2.31. The van der Waals surface area contributed by atoms with Gasteiger partial charge in [-0.3, -0.25) is 4.79 Å². The van der Waals surface area contributed by atoms with Gasteiger partial charge in [-0.1, -0.05) is 31.0 Å². The third kappa shape index (κ3) is 1.45. The van der Waals surface area contributed by atoms with Crippen LogP contribution in [0.3, 0.4) is 0 Å². The summed E-state index contributed by atoms with van der Waals surface area (Å²) in [5.74, 6) is 0.641. The molecule has 2 fully saturated rings. The van der Waals surface area contributed by atoms with Crippen molar-refractivity contribution in [3.8, 4) is 5.75 Å². The molecule has 1 saturated carbocycles. The molecule has 3 heteroatoms. The SMILES string of the molecule is O=C1NC[C@H](c2ccccc2O)C12CCCC2. The predicted molar refractivity (Wildman–Crippen MR) is 64.8 cm³/mol. The van der Waals surface area contributed by atoms with Crippen molar-refractivity contribution >= 4 is 5.91 Å². The van der Waals surface area contributed by atoms with Crippen molar-refractivity contribution in [2.75, 3.05) is 6.54 Å². The van der Waals surface area contributed by atoms with E-state index in [1.807, 2.05) is 18.2 Å². The number of rotatable bonds is 1. The minimum Gasteiger partial charge on any atom is -0.508 e. The molecular weight excluding hydrogens is 214 g/mol. The van der Waals surface area contributed by atoms with Crippen LogP contribution in [0.2, 0.25) is 0 Å². The molecule has 1 spiro atoms. The van der Waals surface area contributed by atoms with Crippen LogP contribution in [0.25, 0.3) is 0 Å². The second-order valence-electron chi connectivity index (χ2n) is 5.18. The van der Waals surface area contributed by atoms with E-state index in [0.717, 1.165) is 31.2 Å². The number of hydrogen-bond acceptors (Lipinski definition) is 2. The van der Waals surface area contributed by atoms with Crippen molar-refractivity contribution < 1.29 is 9.90 Å². The number of aromatic hydroxyl groups is 1. The summed E-state index contributed by atoms with van der Waals surface area (Å²) in [5.41, 5.74) is 0.673. The fourth-order valence-electron chi connectivity index (χ4n) is 3.50. The molecule has 1 aliphatic heterocycles. The van der Waals surface area contributed by atoms with Gasteiger partial charge >= 0.3 is 0 Å². The zero-order valence-electron chi connectivity index (χ0n) is 9.78. The van der Waals surface area contributed by atoms with Gasteiger partial charge in [0.25, 0.3) is 0 Å². The van der Waals surface area contributed by atoms with Crippen LogP contribution in [0.5, 0.6) is 5.75 Å². The molecule has 1 atom stereocenters. The highest BCUT2D eigenvalue weighted by molar-refractivity contribution is 5.87. The maximum atomic E-state index is 12.1. The summed E-state index contributed by atoms with van der Waals surface area (Å²) in [6, 6.07) is 7.41. The first-order chi connectivity index (χ1) is 8.24. The maximum absolute atomic E-state index is 12.1. The van der Waals surface area contributed by atoms with Crippen LogP contribution < -0.4 is 5.32 Å². The number of carbonyl (C=O) groups excluding carboxylic acids is 1.